The normalized spacial score (nSPS) is 11.3. The molecule has 1 amide bonds. The first-order valence-electron chi connectivity index (χ1n) is 12.2. The van der Waals surface area contributed by atoms with E-state index in [1.807, 2.05) is 72.1 Å². The van der Waals surface area contributed by atoms with Crippen molar-refractivity contribution in [2.24, 2.45) is 0 Å². The van der Waals surface area contributed by atoms with Crippen LogP contribution in [0.25, 0.3) is 55.4 Å². The number of carbonyl (C=O) groups is 1. The summed E-state index contributed by atoms with van der Waals surface area (Å²) in [6.45, 7) is 0. The number of nitrogens with zero attached hydrogens (tertiary/aromatic N) is 5. The first kappa shape index (κ1) is 22.9. The number of thiophene rings is 1. The second-order valence-corrected chi connectivity index (χ2v) is 9.90. The number of benzene rings is 1. The van der Waals surface area contributed by atoms with Crippen molar-refractivity contribution < 1.29 is 4.79 Å². The number of H-pyrrole nitrogens is 2. The number of aromatic amines is 2. The lowest BCUT2D eigenvalue weighted by molar-refractivity contribution is -0.115. The van der Waals surface area contributed by atoms with Crippen LogP contribution in [0.1, 0.15) is 5.56 Å². The van der Waals surface area contributed by atoms with E-state index in [2.05, 4.69) is 30.5 Å². The Labute approximate surface area is 226 Å². The van der Waals surface area contributed by atoms with Gasteiger partial charge in [-0.25, -0.2) is 9.97 Å². The average molecular weight is 529 g/mol. The second kappa shape index (κ2) is 9.58. The molecule has 0 unspecified atom stereocenters. The standard InChI is InChI=1S/C29H20N8OS/c38-24(13-17-5-2-1-3-6-17)32-19-14-18(15-30-16-19)20-8-9-22-26(33-20)28(37-36-22)29-34-21-10-11-31-27(25(21)35-29)23-7-4-12-39-23/h1-12,14-16H,13H2,(H,32,38)(H,34,35)(H,36,37). The maximum atomic E-state index is 12.6. The number of carbonyl (C=O) groups excluding carboxylic acids is 1. The minimum atomic E-state index is -0.109. The highest BCUT2D eigenvalue weighted by Gasteiger charge is 2.18. The topological polar surface area (TPSA) is 125 Å². The van der Waals surface area contributed by atoms with E-state index in [0.717, 1.165) is 38.2 Å². The van der Waals surface area contributed by atoms with Crippen LogP contribution in [0, 0.1) is 0 Å². The number of hydrogen-bond acceptors (Lipinski definition) is 7. The van der Waals surface area contributed by atoms with Gasteiger partial charge in [-0.3, -0.25) is 19.9 Å². The number of aromatic nitrogens is 7. The van der Waals surface area contributed by atoms with Gasteiger partial charge in [0.1, 0.15) is 16.7 Å². The highest BCUT2D eigenvalue weighted by molar-refractivity contribution is 7.13. The van der Waals surface area contributed by atoms with Gasteiger partial charge < -0.3 is 10.3 Å². The fourth-order valence-electron chi connectivity index (χ4n) is 4.50. The van der Waals surface area contributed by atoms with Gasteiger partial charge in [0, 0.05) is 18.0 Å². The second-order valence-electron chi connectivity index (χ2n) is 8.96. The minimum absolute atomic E-state index is 0.109. The summed E-state index contributed by atoms with van der Waals surface area (Å²) in [5.74, 6) is 0.494. The number of imidazole rings is 1. The Kier molecular flexibility index (Phi) is 5.64. The zero-order chi connectivity index (χ0) is 26.2. The lowest BCUT2D eigenvalue weighted by Gasteiger charge is -2.07. The van der Waals surface area contributed by atoms with Crippen molar-refractivity contribution >= 4 is 45.0 Å². The van der Waals surface area contributed by atoms with E-state index in [0.29, 0.717) is 28.4 Å². The monoisotopic (exact) mass is 528 g/mol. The molecule has 188 valence electrons. The molecular formula is C29H20N8OS. The van der Waals surface area contributed by atoms with Crippen LogP contribution in [0.5, 0.6) is 0 Å². The van der Waals surface area contributed by atoms with E-state index < -0.39 is 0 Å². The van der Waals surface area contributed by atoms with Gasteiger partial charge >= 0.3 is 0 Å². The molecule has 0 aliphatic heterocycles. The molecule has 0 fully saturated rings. The Morgan fingerprint density at radius 1 is 0.897 bits per heavy atom. The van der Waals surface area contributed by atoms with Crippen molar-refractivity contribution in [2.75, 3.05) is 5.32 Å². The maximum Gasteiger partial charge on any atom is 0.228 e. The van der Waals surface area contributed by atoms with Crippen LogP contribution in [0.4, 0.5) is 5.69 Å². The summed E-state index contributed by atoms with van der Waals surface area (Å²) in [6.07, 6.45) is 5.41. The highest BCUT2D eigenvalue weighted by Crippen LogP contribution is 2.32. The first-order valence-corrected chi connectivity index (χ1v) is 13.1. The zero-order valence-electron chi connectivity index (χ0n) is 20.4. The summed E-state index contributed by atoms with van der Waals surface area (Å²) in [7, 11) is 0. The van der Waals surface area contributed by atoms with E-state index in [9.17, 15) is 4.79 Å². The molecule has 6 heterocycles. The van der Waals surface area contributed by atoms with Crippen molar-refractivity contribution in [3.63, 3.8) is 0 Å². The van der Waals surface area contributed by atoms with Crippen LogP contribution in [0.2, 0.25) is 0 Å². The summed E-state index contributed by atoms with van der Waals surface area (Å²) < 4.78 is 0. The summed E-state index contributed by atoms with van der Waals surface area (Å²) in [6, 6.07) is 21.2. The Morgan fingerprint density at radius 3 is 2.67 bits per heavy atom. The van der Waals surface area contributed by atoms with Crippen LogP contribution >= 0.6 is 11.3 Å². The average Bonchev–Trinajstić information content (AvgIpc) is 3.73. The van der Waals surface area contributed by atoms with Crippen LogP contribution in [0.3, 0.4) is 0 Å². The molecule has 0 aliphatic rings. The lowest BCUT2D eigenvalue weighted by atomic mass is 10.1. The van der Waals surface area contributed by atoms with Crippen molar-refractivity contribution in [3.05, 3.63) is 96.3 Å². The summed E-state index contributed by atoms with van der Waals surface area (Å²) >= 11 is 1.62. The Balaban J connectivity index is 1.21. The van der Waals surface area contributed by atoms with E-state index in [1.54, 1.807) is 29.9 Å². The van der Waals surface area contributed by atoms with Gasteiger partial charge in [0.25, 0.3) is 0 Å². The molecule has 9 nitrogen and oxygen atoms in total. The van der Waals surface area contributed by atoms with E-state index >= 15 is 0 Å². The number of anilines is 1. The summed E-state index contributed by atoms with van der Waals surface area (Å²) in [5, 5.41) is 12.5. The molecule has 0 atom stereocenters. The molecule has 0 bridgehead atoms. The molecule has 0 radical (unpaired) electrons. The van der Waals surface area contributed by atoms with Gasteiger partial charge in [0.15, 0.2) is 11.5 Å². The van der Waals surface area contributed by atoms with Crippen LogP contribution in [0.15, 0.2) is 90.7 Å². The van der Waals surface area contributed by atoms with Crippen molar-refractivity contribution in [1.29, 1.82) is 0 Å². The van der Waals surface area contributed by atoms with Crippen molar-refractivity contribution in [3.8, 4) is 33.3 Å². The molecule has 1 aromatic carbocycles. The number of fused-ring (bicyclic) bond motifs is 2. The third kappa shape index (κ3) is 4.42. The molecule has 6 aromatic heterocycles. The number of amides is 1. The Hall–Kier alpha value is -5.22. The summed E-state index contributed by atoms with van der Waals surface area (Å²) in [4.78, 5) is 35.6. The molecule has 7 rings (SSSR count). The quantitative estimate of drug-likeness (QED) is 0.248. The highest BCUT2D eigenvalue weighted by atomic mass is 32.1. The SMILES string of the molecule is O=C(Cc1ccccc1)Nc1cncc(-c2ccc3[nH]nc(-c4nc5c(-c6cccs6)nccc5[nH]4)c3n2)c1. The number of rotatable bonds is 6. The third-order valence-corrected chi connectivity index (χ3v) is 7.19. The minimum Gasteiger partial charge on any atom is -0.336 e. The Morgan fingerprint density at radius 2 is 1.79 bits per heavy atom. The van der Waals surface area contributed by atoms with Crippen LogP contribution in [-0.4, -0.2) is 41.0 Å². The first-order chi connectivity index (χ1) is 19.2. The maximum absolute atomic E-state index is 12.6. The summed E-state index contributed by atoms with van der Waals surface area (Å²) in [5.41, 5.74) is 7.59. The molecule has 10 heteroatoms. The van der Waals surface area contributed by atoms with Crippen molar-refractivity contribution in [1.82, 2.24) is 35.1 Å². The lowest BCUT2D eigenvalue weighted by Crippen LogP contribution is -2.14. The molecule has 0 saturated carbocycles. The Bertz CT molecular complexity index is 1940. The fraction of sp³-hybridized carbons (Fsp3) is 0.0345. The molecule has 0 aliphatic carbocycles. The van der Waals surface area contributed by atoms with Crippen molar-refractivity contribution in [2.45, 2.75) is 6.42 Å². The predicted octanol–water partition coefficient (Wildman–Crippen LogP) is 5.87. The largest absolute Gasteiger partial charge is 0.336 e. The van der Waals surface area contributed by atoms with Gasteiger partial charge in [-0.1, -0.05) is 36.4 Å². The molecule has 39 heavy (non-hydrogen) atoms. The molecule has 3 N–H and O–H groups in total. The van der Waals surface area contributed by atoms with E-state index in [-0.39, 0.29) is 12.3 Å². The van der Waals surface area contributed by atoms with Gasteiger partial charge in [-0.2, -0.15) is 5.10 Å². The number of pyridine rings is 3. The van der Waals surface area contributed by atoms with Gasteiger partial charge in [-0.15, -0.1) is 11.3 Å². The van der Waals surface area contributed by atoms with E-state index in [4.69, 9.17) is 9.97 Å². The van der Waals surface area contributed by atoms with Gasteiger partial charge in [0.2, 0.25) is 5.91 Å². The van der Waals surface area contributed by atoms with Crippen LogP contribution < -0.4 is 5.32 Å². The molecule has 7 aromatic rings. The molecular weight excluding hydrogens is 508 g/mol. The molecule has 0 saturated heterocycles. The number of nitrogens with one attached hydrogen (secondary N) is 3. The molecule has 0 spiro atoms. The predicted molar refractivity (Wildman–Crippen MR) is 152 cm³/mol. The smallest absolute Gasteiger partial charge is 0.228 e. The fourth-order valence-corrected chi connectivity index (χ4v) is 5.22. The zero-order valence-corrected chi connectivity index (χ0v) is 21.2. The number of hydrogen-bond donors (Lipinski definition) is 3. The third-order valence-electron chi connectivity index (χ3n) is 6.31. The van der Waals surface area contributed by atoms with Gasteiger partial charge in [0.05, 0.1) is 39.9 Å². The van der Waals surface area contributed by atoms with Gasteiger partial charge in [-0.05, 0) is 41.3 Å². The van der Waals surface area contributed by atoms with Crippen LogP contribution in [-0.2, 0) is 11.2 Å². The van der Waals surface area contributed by atoms with E-state index in [1.165, 1.54) is 0 Å².